The molecule has 4 nitrogen and oxygen atoms in total. The van der Waals surface area contributed by atoms with Gasteiger partial charge in [0.1, 0.15) is 5.75 Å². The summed E-state index contributed by atoms with van der Waals surface area (Å²) in [7, 11) is 1.68. The van der Waals surface area contributed by atoms with Gasteiger partial charge in [0, 0.05) is 42.6 Å². The molecule has 1 saturated heterocycles. The van der Waals surface area contributed by atoms with E-state index in [-0.39, 0.29) is 5.91 Å². The fourth-order valence-electron chi connectivity index (χ4n) is 3.22. The molecular formula is C20H20N2O2S. The second-order valence-corrected chi connectivity index (χ2v) is 7.21. The number of hydrogen-bond acceptors (Lipinski definition) is 4. The van der Waals surface area contributed by atoms with Crippen molar-refractivity contribution in [1.82, 2.24) is 4.90 Å². The van der Waals surface area contributed by atoms with E-state index in [0.717, 1.165) is 47.9 Å². The Bertz CT molecular complexity index is 864. The van der Waals surface area contributed by atoms with Gasteiger partial charge >= 0.3 is 0 Å². The predicted octanol–water partition coefficient (Wildman–Crippen LogP) is 3.87. The quantitative estimate of drug-likeness (QED) is 0.717. The molecule has 1 aliphatic rings. The standard InChI is InChI=1S/C20H20N2O2S/c1-24-17-7-4-6-16(14-17)21-9-11-22(12-10-21)20(23)19-13-15-5-2-3-8-18(15)25-19/h2-8,13-14H,9-12H2,1H3. The highest BCUT2D eigenvalue weighted by atomic mass is 32.1. The van der Waals surface area contributed by atoms with Crippen LogP contribution in [0.2, 0.25) is 0 Å². The van der Waals surface area contributed by atoms with Crippen LogP contribution in [0, 0.1) is 0 Å². The van der Waals surface area contributed by atoms with E-state index in [9.17, 15) is 4.79 Å². The Hall–Kier alpha value is -2.53. The number of carbonyl (C=O) groups is 1. The molecule has 2 heterocycles. The van der Waals surface area contributed by atoms with Gasteiger partial charge in [0.2, 0.25) is 0 Å². The summed E-state index contributed by atoms with van der Waals surface area (Å²) in [5.41, 5.74) is 1.15. The summed E-state index contributed by atoms with van der Waals surface area (Å²) in [6.07, 6.45) is 0. The Morgan fingerprint density at radius 3 is 2.56 bits per heavy atom. The monoisotopic (exact) mass is 352 g/mol. The normalized spacial score (nSPS) is 14.8. The van der Waals surface area contributed by atoms with Gasteiger partial charge < -0.3 is 14.5 Å². The van der Waals surface area contributed by atoms with Gasteiger partial charge in [-0.3, -0.25) is 4.79 Å². The molecule has 25 heavy (non-hydrogen) atoms. The van der Waals surface area contributed by atoms with E-state index in [1.807, 2.05) is 41.3 Å². The maximum absolute atomic E-state index is 12.8. The number of carbonyl (C=O) groups excluding carboxylic acids is 1. The maximum Gasteiger partial charge on any atom is 0.264 e. The molecule has 0 bridgehead atoms. The fraction of sp³-hybridized carbons (Fsp3) is 0.250. The van der Waals surface area contributed by atoms with E-state index < -0.39 is 0 Å². The van der Waals surface area contributed by atoms with E-state index >= 15 is 0 Å². The Kier molecular flexibility index (Phi) is 4.32. The smallest absolute Gasteiger partial charge is 0.264 e. The molecular weight excluding hydrogens is 332 g/mol. The lowest BCUT2D eigenvalue weighted by Crippen LogP contribution is -2.48. The summed E-state index contributed by atoms with van der Waals surface area (Å²) in [5.74, 6) is 1.01. The van der Waals surface area contributed by atoms with E-state index in [1.54, 1.807) is 18.4 Å². The van der Waals surface area contributed by atoms with Crippen LogP contribution in [0.15, 0.2) is 54.6 Å². The minimum atomic E-state index is 0.145. The van der Waals surface area contributed by atoms with E-state index in [2.05, 4.69) is 23.1 Å². The van der Waals surface area contributed by atoms with Crippen LogP contribution in [0.25, 0.3) is 10.1 Å². The lowest BCUT2D eigenvalue weighted by atomic mass is 10.2. The van der Waals surface area contributed by atoms with Gasteiger partial charge in [0.05, 0.1) is 12.0 Å². The number of ether oxygens (including phenoxy) is 1. The first-order chi connectivity index (χ1) is 12.2. The molecule has 1 aliphatic heterocycles. The molecule has 0 spiro atoms. The van der Waals surface area contributed by atoms with E-state index in [0.29, 0.717) is 0 Å². The first kappa shape index (κ1) is 16.0. The molecule has 4 rings (SSSR count). The predicted molar refractivity (Wildman–Crippen MR) is 103 cm³/mol. The van der Waals surface area contributed by atoms with Crippen molar-refractivity contribution in [1.29, 1.82) is 0 Å². The number of fused-ring (bicyclic) bond motifs is 1. The number of hydrogen-bond donors (Lipinski definition) is 0. The molecule has 0 aliphatic carbocycles. The zero-order valence-corrected chi connectivity index (χ0v) is 15.0. The molecule has 0 N–H and O–H groups in total. The summed E-state index contributed by atoms with van der Waals surface area (Å²) in [4.78, 5) is 17.9. The lowest BCUT2D eigenvalue weighted by molar-refractivity contribution is 0.0751. The topological polar surface area (TPSA) is 32.8 Å². The molecule has 0 atom stereocenters. The summed E-state index contributed by atoms with van der Waals surface area (Å²) < 4.78 is 6.47. The number of methoxy groups -OCH3 is 1. The second-order valence-electron chi connectivity index (χ2n) is 6.13. The number of rotatable bonds is 3. The minimum Gasteiger partial charge on any atom is -0.497 e. The molecule has 2 aromatic carbocycles. The first-order valence-corrected chi connectivity index (χ1v) is 9.23. The summed E-state index contributed by atoms with van der Waals surface area (Å²) in [6, 6.07) is 18.2. The number of thiophene rings is 1. The molecule has 1 fully saturated rings. The largest absolute Gasteiger partial charge is 0.497 e. The van der Waals surface area contributed by atoms with Gasteiger partial charge in [0.15, 0.2) is 0 Å². The van der Waals surface area contributed by atoms with Crippen LogP contribution in [-0.2, 0) is 0 Å². The number of benzene rings is 2. The van der Waals surface area contributed by atoms with Crippen molar-refractivity contribution in [3.8, 4) is 5.75 Å². The van der Waals surface area contributed by atoms with Crippen molar-refractivity contribution in [3.05, 3.63) is 59.5 Å². The highest BCUT2D eigenvalue weighted by Crippen LogP contribution is 2.27. The van der Waals surface area contributed by atoms with Crippen molar-refractivity contribution in [2.24, 2.45) is 0 Å². The second kappa shape index (κ2) is 6.76. The van der Waals surface area contributed by atoms with Gasteiger partial charge in [-0.15, -0.1) is 11.3 Å². The molecule has 1 amide bonds. The molecule has 0 radical (unpaired) electrons. The van der Waals surface area contributed by atoms with Gasteiger partial charge in [-0.2, -0.15) is 0 Å². The molecule has 0 saturated carbocycles. The third-order valence-corrected chi connectivity index (χ3v) is 5.73. The van der Waals surface area contributed by atoms with Crippen molar-refractivity contribution >= 4 is 33.0 Å². The Morgan fingerprint density at radius 2 is 1.80 bits per heavy atom. The van der Waals surface area contributed by atoms with E-state index in [1.165, 1.54) is 4.70 Å². The van der Waals surface area contributed by atoms with Crippen LogP contribution >= 0.6 is 11.3 Å². The van der Waals surface area contributed by atoms with Gasteiger partial charge in [-0.05, 0) is 29.7 Å². The average molecular weight is 352 g/mol. The van der Waals surface area contributed by atoms with Gasteiger partial charge in [-0.25, -0.2) is 0 Å². The Balaban J connectivity index is 1.45. The molecule has 1 aromatic heterocycles. The van der Waals surface area contributed by atoms with E-state index in [4.69, 9.17) is 4.74 Å². The number of piperazine rings is 1. The van der Waals surface area contributed by atoms with Crippen molar-refractivity contribution in [3.63, 3.8) is 0 Å². The number of amides is 1. The minimum absolute atomic E-state index is 0.145. The Morgan fingerprint density at radius 1 is 1.00 bits per heavy atom. The Labute approximate surface area is 151 Å². The van der Waals surface area contributed by atoms with Crippen LogP contribution < -0.4 is 9.64 Å². The highest BCUT2D eigenvalue weighted by Gasteiger charge is 2.23. The molecule has 128 valence electrons. The molecule has 5 heteroatoms. The zero-order chi connectivity index (χ0) is 17.2. The fourth-order valence-corrected chi connectivity index (χ4v) is 4.25. The third-order valence-electron chi connectivity index (χ3n) is 4.62. The highest BCUT2D eigenvalue weighted by molar-refractivity contribution is 7.20. The van der Waals surface area contributed by atoms with Crippen molar-refractivity contribution < 1.29 is 9.53 Å². The van der Waals surface area contributed by atoms with Crippen LogP contribution in [0.1, 0.15) is 9.67 Å². The summed E-state index contributed by atoms with van der Waals surface area (Å²) >= 11 is 1.58. The lowest BCUT2D eigenvalue weighted by Gasteiger charge is -2.36. The van der Waals surface area contributed by atoms with Gasteiger partial charge in [0.25, 0.3) is 5.91 Å². The average Bonchev–Trinajstić information content (AvgIpc) is 3.12. The number of anilines is 1. The maximum atomic E-state index is 12.8. The van der Waals surface area contributed by atoms with Crippen molar-refractivity contribution in [2.45, 2.75) is 0 Å². The van der Waals surface area contributed by atoms with Crippen LogP contribution in [0.3, 0.4) is 0 Å². The van der Waals surface area contributed by atoms with Crippen molar-refractivity contribution in [2.75, 3.05) is 38.2 Å². The first-order valence-electron chi connectivity index (χ1n) is 8.41. The zero-order valence-electron chi connectivity index (χ0n) is 14.1. The summed E-state index contributed by atoms with van der Waals surface area (Å²) in [5, 5.41) is 1.14. The molecule has 3 aromatic rings. The molecule has 0 unspecified atom stereocenters. The van der Waals surface area contributed by atoms with Crippen LogP contribution in [0.4, 0.5) is 5.69 Å². The third kappa shape index (κ3) is 3.20. The number of nitrogens with zero attached hydrogens (tertiary/aromatic N) is 2. The van der Waals surface area contributed by atoms with Crippen LogP contribution in [-0.4, -0.2) is 44.1 Å². The SMILES string of the molecule is COc1cccc(N2CCN(C(=O)c3cc4ccccc4s3)CC2)c1. The summed E-state index contributed by atoms with van der Waals surface area (Å²) in [6.45, 7) is 3.15. The van der Waals surface area contributed by atoms with Gasteiger partial charge in [-0.1, -0.05) is 24.3 Å². The van der Waals surface area contributed by atoms with Crippen LogP contribution in [0.5, 0.6) is 5.75 Å².